The van der Waals surface area contributed by atoms with Gasteiger partial charge >= 0.3 is 6.18 Å². The van der Waals surface area contributed by atoms with Crippen LogP contribution in [-0.2, 0) is 6.18 Å². The smallest absolute Gasteiger partial charge is 0.267 e. The first-order chi connectivity index (χ1) is 7.80. The quantitative estimate of drug-likeness (QED) is 0.707. The van der Waals surface area contributed by atoms with Gasteiger partial charge in [-0.25, -0.2) is 4.98 Å². The zero-order chi connectivity index (χ0) is 12.8. The van der Waals surface area contributed by atoms with Gasteiger partial charge in [0.1, 0.15) is 0 Å². The fraction of sp³-hybridized carbons (Fsp3) is 0.300. The van der Waals surface area contributed by atoms with Crippen molar-refractivity contribution in [1.82, 2.24) is 14.6 Å². The van der Waals surface area contributed by atoms with E-state index in [0.717, 1.165) is 4.52 Å². The van der Waals surface area contributed by atoms with Crippen LogP contribution in [0.5, 0.6) is 0 Å². The van der Waals surface area contributed by atoms with Crippen molar-refractivity contribution in [2.24, 2.45) is 0 Å². The maximum absolute atomic E-state index is 12.5. The summed E-state index contributed by atoms with van der Waals surface area (Å²) in [4.78, 5) is 14.9. The highest BCUT2D eigenvalue weighted by atomic mass is 19.4. The molecule has 7 heteroatoms. The first-order valence-corrected chi connectivity index (χ1v) is 4.74. The molecular formula is C10H8F3N3O. The lowest BCUT2D eigenvalue weighted by atomic mass is 10.2. The van der Waals surface area contributed by atoms with Crippen LogP contribution in [-0.4, -0.2) is 14.6 Å². The number of fused-ring (bicyclic) bond motifs is 1. The molecule has 0 saturated carbocycles. The second-order valence-corrected chi connectivity index (χ2v) is 3.67. The first-order valence-electron chi connectivity index (χ1n) is 4.74. The molecule has 0 bridgehead atoms. The van der Waals surface area contributed by atoms with E-state index < -0.39 is 17.4 Å². The SMILES string of the molecule is Cc1cnn2c(=O)cc(C(F)(F)F)nc2c1C. The summed E-state index contributed by atoms with van der Waals surface area (Å²) in [5.74, 6) is 0. The van der Waals surface area contributed by atoms with Gasteiger partial charge in [-0.1, -0.05) is 0 Å². The Morgan fingerprint density at radius 2 is 1.94 bits per heavy atom. The fourth-order valence-corrected chi connectivity index (χ4v) is 1.39. The largest absolute Gasteiger partial charge is 0.433 e. The lowest BCUT2D eigenvalue weighted by Gasteiger charge is -2.09. The van der Waals surface area contributed by atoms with Crippen LogP contribution in [0, 0.1) is 13.8 Å². The van der Waals surface area contributed by atoms with E-state index in [1.807, 2.05) is 0 Å². The van der Waals surface area contributed by atoms with Crippen LogP contribution in [0.25, 0.3) is 5.65 Å². The van der Waals surface area contributed by atoms with E-state index in [1.165, 1.54) is 6.20 Å². The number of aromatic nitrogens is 3. The van der Waals surface area contributed by atoms with Gasteiger partial charge in [-0.2, -0.15) is 22.8 Å². The molecule has 2 heterocycles. The summed E-state index contributed by atoms with van der Waals surface area (Å²) in [5.41, 5.74) is -0.923. The Balaban J connectivity index is 2.89. The summed E-state index contributed by atoms with van der Waals surface area (Å²) >= 11 is 0. The molecule has 0 aliphatic heterocycles. The van der Waals surface area contributed by atoms with Crippen molar-refractivity contribution >= 4 is 5.65 Å². The molecule has 0 spiro atoms. The highest BCUT2D eigenvalue weighted by molar-refractivity contribution is 5.49. The second kappa shape index (κ2) is 3.54. The van der Waals surface area contributed by atoms with Crippen molar-refractivity contribution in [2.75, 3.05) is 0 Å². The van der Waals surface area contributed by atoms with Crippen LogP contribution in [0.1, 0.15) is 16.8 Å². The number of alkyl halides is 3. The minimum atomic E-state index is -4.63. The van der Waals surface area contributed by atoms with Gasteiger partial charge in [0.15, 0.2) is 11.3 Å². The van der Waals surface area contributed by atoms with Gasteiger partial charge in [-0.15, -0.1) is 0 Å². The molecule has 0 amide bonds. The van der Waals surface area contributed by atoms with Gasteiger partial charge in [0.25, 0.3) is 5.56 Å². The number of halogens is 3. The van der Waals surface area contributed by atoms with Crippen molar-refractivity contribution in [3.63, 3.8) is 0 Å². The average Bonchev–Trinajstić information content (AvgIpc) is 2.22. The average molecular weight is 243 g/mol. The monoisotopic (exact) mass is 243 g/mol. The molecule has 0 aliphatic rings. The summed E-state index contributed by atoms with van der Waals surface area (Å²) in [6.07, 6.45) is -3.22. The Hall–Kier alpha value is -1.92. The lowest BCUT2D eigenvalue weighted by Crippen LogP contribution is -2.22. The highest BCUT2D eigenvalue weighted by Crippen LogP contribution is 2.27. The van der Waals surface area contributed by atoms with Crippen molar-refractivity contribution in [3.05, 3.63) is 39.4 Å². The van der Waals surface area contributed by atoms with Crippen LogP contribution in [0.4, 0.5) is 13.2 Å². The predicted octanol–water partition coefficient (Wildman–Crippen LogP) is 1.73. The second-order valence-electron chi connectivity index (χ2n) is 3.67. The van der Waals surface area contributed by atoms with E-state index in [4.69, 9.17) is 0 Å². The number of nitrogens with zero attached hydrogens (tertiary/aromatic N) is 3. The zero-order valence-electron chi connectivity index (χ0n) is 9.04. The van der Waals surface area contributed by atoms with Crippen LogP contribution >= 0.6 is 0 Å². The summed E-state index contributed by atoms with van der Waals surface area (Å²) in [6.45, 7) is 3.29. The van der Waals surface area contributed by atoms with Gasteiger partial charge in [0.05, 0.1) is 6.20 Å². The Labute approximate surface area is 93.7 Å². The molecule has 0 unspecified atom stereocenters. The molecule has 0 fully saturated rings. The van der Waals surface area contributed by atoms with Crippen LogP contribution in [0.2, 0.25) is 0 Å². The molecule has 4 nitrogen and oxygen atoms in total. The summed E-state index contributed by atoms with van der Waals surface area (Å²) in [5, 5.41) is 3.74. The molecule has 17 heavy (non-hydrogen) atoms. The van der Waals surface area contributed by atoms with Gasteiger partial charge in [-0.05, 0) is 25.0 Å². The Kier molecular flexibility index (Phi) is 2.41. The molecule has 2 rings (SSSR count). The van der Waals surface area contributed by atoms with Gasteiger partial charge in [0, 0.05) is 6.07 Å². The number of hydrogen-bond acceptors (Lipinski definition) is 3. The third-order valence-corrected chi connectivity index (χ3v) is 2.48. The van der Waals surface area contributed by atoms with Crippen molar-refractivity contribution < 1.29 is 13.2 Å². The number of rotatable bonds is 0. The molecular weight excluding hydrogens is 235 g/mol. The standard InChI is InChI=1S/C10H8F3N3O/c1-5-4-14-16-8(17)3-7(10(11,12)13)15-9(16)6(5)2/h3-4H,1-2H3. The molecule has 2 aromatic heterocycles. The summed E-state index contributed by atoms with van der Waals surface area (Å²) in [7, 11) is 0. The van der Waals surface area contributed by atoms with E-state index in [1.54, 1.807) is 13.8 Å². The molecule has 0 radical (unpaired) electrons. The number of aryl methyl sites for hydroxylation is 2. The minimum Gasteiger partial charge on any atom is -0.267 e. The van der Waals surface area contributed by atoms with Gasteiger partial charge in [-0.3, -0.25) is 4.79 Å². The van der Waals surface area contributed by atoms with E-state index in [0.29, 0.717) is 17.2 Å². The van der Waals surface area contributed by atoms with Crippen molar-refractivity contribution in [2.45, 2.75) is 20.0 Å². The topological polar surface area (TPSA) is 47.3 Å². The van der Waals surface area contributed by atoms with Crippen LogP contribution in [0.15, 0.2) is 17.1 Å². The summed E-state index contributed by atoms with van der Waals surface area (Å²) in [6, 6.07) is 0.439. The van der Waals surface area contributed by atoms with E-state index in [-0.39, 0.29) is 5.65 Å². The normalized spacial score (nSPS) is 12.1. The molecule has 0 aliphatic carbocycles. The molecule has 2 aromatic rings. The Morgan fingerprint density at radius 3 is 2.53 bits per heavy atom. The zero-order valence-corrected chi connectivity index (χ0v) is 9.04. The van der Waals surface area contributed by atoms with Gasteiger partial charge in [0.2, 0.25) is 0 Å². The first kappa shape index (κ1) is 11.6. The van der Waals surface area contributed by atoms with E-state index >= 15 is 0 Å². The number of hydrogen-bond donors (Lipinski definition) is 0. The molecule has 0 atom stereocenters. The maximum Gasteiger partial charge on any atom is 0.433 e. The van der Waals surface area contributed by atoms with Crippen LogP contribution in [0.3, 0.4) is 0 Å². The maximum atomic E-state index is 12.5. The van der Waals surface area contributed by atoms with Crippen molar-refractivity contribution in [1.29, 1.82) is 0 Å². The predicted molar refractivity (Wildman–Crippen MR) is 53.7 cm³/mol. The Morgan fingerprint density at radius 1 is 1.29 bits per heavy atom. The highest BCUT2D eigenvalue weighted by Gasteiger charge is 2.33. The summed E-state index contributed by atoms with van der Waals surface area (Å²) < 4.78 is 38.3. The van der Waals surface area contributed by atoms with E-state index in [2.05, 4.69) is 10.1 Å². The van der Waals surface area contributed by atoms with E-state index in [9.17, 15) is 18.0 Å². The van der Waals surface area contributed by atoms with Crippen molar-refractivity contribution in [3.8, 4) is 0 Å². The molecule has 0 N–H and O–H groups in total. The fourth-order valence-electron chi connectivity index (χ4n) is 1.39. The lowest BCUT2D eigenvalue weighted by molar-refractivity contribution is -0.141. The van der Waals surface area contributed by atoms with Gasteiger partial charge < -0.3 is 0 Å². The molecule has 0 aromatic carbocycles. The third kappa shape index (κ3) is 1.88. The third-order valence-electron chi connectivity index (χ3n) is 2.48. The Bertz CT molecular complexity index is 646. The minimum absolute atomic E-state index is 0.0650. The van der Waals surface area contributed by atoms with Crippen LogP contribution < -0.4 is 5.56 Å². The molecule has 90 valence electrons. The molecule has 0 saturated heterocycles.